The lowest BCUT2D eigenvalue weighted by Crippen LogP contribution is -2.65. The molecule has 0 radical (unpaired) electrons. The molecular weight excluding hydrogens is 242 g/mol. The van der Waals surface area contributed by atoms with Crippen LogP contribution in [0.4, 0.5) is 0 Å². The van der Waals surface area contributed by atoms with Crippen molar-refractivity contribution in [3.63, 3.8) is 0 Å². The second kappa shape index (κ2) is 4.53. The number of ether oxygens (including phenoxy) is 1. The van der Waals surface area contributed by atoms with E-state index < -0.39 is 11.7 Å². The van der Waals surface area contributed by atoms with Gasteiger partial charge in [-0.25, -0.2) is 0 Å². The Kier molecular flexibility index (Phi) is 2.97. The van der Waals surface area contributed by atoms with Gasteiger partial charge in [-0.15, -0.1) is 0 Å². The quantitative estimate of drug-likeness (QED) is 0.894. The molecule has 2 aliphatic rings. The van der Waals surface area contributed by atoms with Gasteiger partial charge >= 0.3 is 0 Å². The maximum Gasteiger partial charge on any atom is 0.264 e. The van der Waals surface area contributed by atoms with Crippen molar-refractivity contribution < 1.29 is 14.6 Å². The minimum Gasteiger partial charge on any atom is -0.480 e. The number of nitrogens with zero attached hydrogens (tertiary/aromatic N) is 1. The number of hydrogen-bond acceptors (Lipinski definition) is 3. The van der Waals surface area contributed by atoms with Gasteiger partial charge in [0.2, 0.25) is 0 Å². The van der Waals surface area contributed by atoms with Gasteiger partial charge in [0.1, 0.15) is 5.75 Å². The molecule has 0 aromatic heterocycles. The van der Waals surface area contributed by atoms with E-state index in [-0.39, 0.29) is 5.91 Å². The zero-order chi connectivity index (χ0) is 13.5. The molecule has 1 amide bonds. The Hall–Kier alpha value is -1.55. The van der Waals surface area contributed by atoms with Crippen LogP contribution in [0.25, 0.3) is 0 Å². The molecule has 1 fully saturated rings. The monoisotopic (exact) mass is 261 g/mol. The van der Waals surface area contributed by atoms with E-state index in [0.717, 1.165) is 24.2 Å². The summed E-state index contributed by atoms with van der Waals surface area (Å²) in [5, 5.41) is 10.1. The molecule has 2 aliphatic heterocycles. The largest absolute Gasteiger partial charge is 0.480 e. The first kappa shape index (κ1) is 12.5. The molecule has 1 aromatic carbocycles. The summed E-state index contributed by atoms with van der Waals surface area (Å²) in [5.74, 6) is 0.808. The smallest absolute Gasteiger partial charge is 0.264 e. The highest BCUT2D eigenvalue weighted by Crippen LogP contribution is 2.32. The van der Waals surface area contributed by atoms with Gasteiger partial charge in [-0.05, 0) is 18.1 Å². The van der Waals surface area contributed by atoms with E-state index in [0.29, 0.717) is 19.5 Å². The maximum atomic E-state index is 12.3. The highest BCUT2D eigenvalue weighted by atomic mass is 16.5. The van der Waals surface area contributed by atoms with Crippen LogP contribution >= 0.6 is 0 Å². The fraction of sp³-hybridized carbons (Fsp3) is 0.533. The van der Waals surface area contributed by atoms with Crippen LogP contribution in [0.15, 0.2) is 24.3 Å². The van der Waals surface area contributed by atoms with Crippen molar-refractivity contribution >= 4 is 5.91 Å². The van der Waals surface area contributed by atoms with Gasteiger partial charge in [-0.2, -0.15) is 0 Å². The molecule has 0 bridgehead atoms. The predicted molar refractivity (Wildman–Crippen MR) is 71.0 cm³/mol. The van der Waals surface area contributed by atoms with Gasteiger partial charge in [0, 0.05) is 6.42 Å². The van der Waals surface area contributed by atoms with Crippen LogP contribution in [0.1, 0.15) is 25.3 Å². The molecule has 1 aromatic rings. The summed E-state index contributed by atoms with van der Waals surface area (Å²) in [5.41, 5.74) is 0.417. The highest BCUT2D eigenvalue weighted by Gasteiger charge is 2.45. The van der Waals surface area contributed by atoms with Crippen LogP contribution in [0, 0.1) is 0 Å². The number of likely N-dealkylation sites (tertiary alicyclic amines) is 1. The van der Waals surface area contributed by atoms with Gasteiger partial charge < -0.3 is 14.7 Å². The fourth-order valence-electron chi connectivity index (χ4n) is 2.97. The number of fused-ring (bicyclic) bond motifs is 1. The molecule has 0 spiro atoms. The van der Waals surface area contributed by atoms with Crippen molar-refractivity contribution in [1.82, 2.24) is 4.90 Å². The van der Waals surface area contributed by atoms with Gasteiger partial charge in [-0.1, -0.05) is 31.5 Å². The minimum absolute atomic E-state index is 0.00280. The Balaban J connectivity index is 1.60. The Morgan fingerprint density at radius 1 is 1.47 bits per heavy atom. The molecule has 1 N–H and O–H groups in total. The van der Waals surface area contributed by atoms with Crippen molar-refractivity contribution in [1.29, 1.82) is 0 Å². The average Bonchev–Trinajstić information content (AvgIpc) is 2.79. The van der Waals surface area contributed by atoms with Gasteiger partial charge in [0.25, 0.3) is 5.91 Å². The molecule has 3 rings (SSSR count). The molecule has 2 heterocycles. The number of aliphatic hydroxyl groups is 1. The van der Waals surface area contributed by atoms with Gasteiger partial charge in [0.05, 0.1) is 18.7 Å². The van der Waals surface area contributed by atoms with Crippen LogP contribution in [-0.4, -0.2) is 40.7 Å². The predicted octanol–water partition coefficient (Wildman–Crippen LogP) is 1.36. The van der Waals surface area contributed by atoms with E-state index in [1.165, 1.54) is 0 Å². The molecule has 4 nitrogen and oxygen atoms in total. The molecule has 19 heavy (non-hydrogen) atoms. The fourth-order valence-corrected chi connectivity index (χ4v) is 2.97. The molecule has 102 valence electrons. The summed E-state index contributed by atoms with van der Waals surface area (Å²) in [7, 11) is 0. The first-order valence-corrected chi connectivity index (χ1v) is 6.87. The van der Waals surface area contributed by atoms with E-state index in [1.54, 1.807) is 4.90 Å². The van der Waals surface area contributed by atoms with Crippen LogP contribution in [0.3, 0.4) is 0 Å². The molecular formula is C15H19NO3. The first-order chi connectivity index (χ1) is 9.11. The third-order valence-electron chi connectivity index (χ3n) is 3.92. The average molecular weight is 261 g/mol. The molecule has 1 unspecified atom stereocenters. The number of benzene rings is 1. The van der Waals surface area contributed by atoms with Crippen LogP contribution in [0.5, 0.6) is 5.75 Å². The highest BCUT2D eigenvalue weighted by molar-refractivity contribution is 5.83. The number of para-hydroxylation sites is 1. The van der Waals surface area contributed by atoms with Crippen molar-refractivity contribution in [3.8, 4) is 5.75 Å². The van der Waals surface area contributed by atoms with Crippen molar-refractivity contribution in [2.45, 2.75) is 37.9 Å². The summed E-state index contributed by atoms with van der Waals surface area (Å²) >= 11 is 0. The Bertz CT molecular complexity index is 469. The molecule has 4 heteroatoms. The number of rotatable bonds is 3. The third kappa shape index (κ3) is 2.21. The molecule has 0 saturated carbocycles. The Morgan fingerprint density at radius 2 is 2.21 bits per heavy atom. The standard InChI is InChI=1S/C15H19NO3/c1-2-7-15(18)9-16(10-15)14(17)13-8-11-5-3-4-6-12(11)19-13/h3-6,13,18H,2,7-10H2,1H3. The summed E-state index contributed by atoms with van der Waals surface area (Å²) in [6, 6.07) is 7.76. The SMILES string of the molecule is CCCC1(O)CN(C(=O)C2Cc3ccccc3O2)C1. The second-order valence-electron chi connectivity index (χ2n) is 5.59. The number of carbonyl (C=O) groups excluding carboxylic acids is 1. The van der Waals surface area contributed by atoms with E-state index in [2.05, 4.69) is 0 Å². The summed E-state index contributed by atoms with van der Waals surface area (Å²) < 4.78 is 5.68. The van der Waals surface area contributed by atoms with E-state index in [1.807, 2.05) is 31.2 Å². The Labute approximate surface area is 113 Å². The molecule has 1 saturated heterocycles. The number of amides is 1. The summed E-state index contributed by atoms with van der Waals surface area (Å²) in [6.45, 7) is 2.92. The van der Waals surface area contributed by atoms with Crippen molar-refractivity contribution in [2.24, 2.45) is 0 Å². The summed E-state index contributed by atoms with van der Waals surface area (Å²) in [4.78, 5) is 14.0. The number of β-amino-alcohol motifs (C(OH)–C–C–N with tert-alkyl or cyclic N) is 1. The first-order valence-electron chi connectivity index (χ1n) is 6.87. The van der Waals surface area contributed by atoms with Gasteiger partial charge in [0.15, 0.2) is 6.10 Å². The second-order valence-corrected chi connectivity index (χ2v) is 5.59. The topological polar surface area (TPSA) is 49.8 Å². The third-order valence-corrected chi connectivity index (χ3v) is 3.92. The maximum absolute atomic E-state index is 12.3. The van der Waals surface area contributed by atoms with Crippen molar-refractivity contribution in [3.05, 3.63) is 29.8 Å². The normalized spacial score (nSPS) is 23.5. The Morgan fingerprint density at radius 3 is 2.89 bits per heavy atom. The lowest BCUT2D eigenvalue weighted by atomic mass is 9.88. The zero-order valence-corrected chi connectivity index (χ0v) is 11.1. The lowest BCUT2D eigenvalue weighted by Gasteiger charge is -2.47. The van der Waals surface area contributed by atoms with E-state index in [4.69, 9.17) is 4.74 Å². The van der Waals surface area contributed by atoms with Crippen LogP contribution < -0.4 is 4.74 Å². The molecule has 0 aliphatic carbocycles. The zero-order valence-electron chi connectivity index (χ0n) is 11.1. The van der Waals surface area contributed by atoms with Gasteiger partial charge in [-0.3, -0.25) is 4.79 Å². The summed E-state index contributed by atoms with van der Waals surface area (Å²) in [6.07, 6.45) is 1.91. The molecule has 1 atom stereocenters. The van der Waals surface area contributed by atoms with E-state index in [9.17, 15) is 9.90 Å². The number of hydrogen-bond donors (Lipinski definition) is 1. The van der Waals surface area contributed by atoms with Crippen LogP contribution in [0.2, 0.25) is 0 Å². The number of carbonyl (C=O) groups is 1. The minimum atomic E-state index is -0.671. The van der Waals surface area contributed by atoms with Crippen molar-refractivity contribution in [2.75, 3.05) is 13.1 Å². The lowest BCUT2D eigenvalue weighted by molar-refractivity contribution is -0.162. The van der Waals surface area contributed by atoms with E-state index >= 15 is 0 Å². The van der Waals surface area contributed by atoms with Crippen LogP contribution in [-0.2, 0) is 11.2 Å².